The predicted molar refractivity (Wildman–Crippen MR) is 100.0 cm³/mol. The summed E-state index contributed by atoms with van der Waals surface area (Å²) in [6.07, 6.45) is -6.43. The van der Waals surface area contributed by atoms with Crippen LogP contribution in [0.1, 0.15) is 12.1 Å². The standard InChI is InChI=1S/C19H19F4N3O3S/c20-15-13-25(17-8-4-7-16(24-17)19(21,22)23)10-9-18(15)26(11-12-29-18)30(27,28)14-5-2-1-3-6-14/h1-8,15H,9-13H2. The quantitative estimate of drug-likeness (QED) is 0.680. The van der Waals surface area contributed by atoms with Crippen molar-refractivity contribution in [3.05, 3.63) is 54.2 Å². The third kappa shape index (κ3) is 3.54. The van der Waals surface area contributed by atoms with Crippen LogP contribution in [0.25, 0.3) is 0 Å². The van der Waals surface area contributed by atoms with Gasteiger partial charge in [-0.15, -0.1) is 0 Å². The molecule has 0 N–H and O–H groups in total. The van der Waals surface area contributed by atoms with Crippen LogP contribution < -0.4 is 4.90 Å². The molecule has 1 aromatic heterocycles. The Bertz CT molecular complexity index is 1020. The third-order valence-corrected chi connectivity index (χ3v) is 7.30. The Balaban J connectivity index is 1.59. The molecule has 2 unspecified atom stereocenters. The minimum Gasteiger partial charge on any atom is -0.355 e. The van der Waals surface area contributed by atoms with Gasteiger partial charge in [0.1, 0.15) is 11.5 Å². The Morgan fingerprint density at radius 2 is 1.80 bits per heavy atom. The fraction of sp³-hybridized carbons (Fsp3) is 0.421. The molecule has 1 spiro atoms. The van der Waals surface area contributed by atoms with E-state index in [4.69, 9.17) is 4.74 Å². The van der Waals surface area contributed by atoms with Gasteiger partial charge in [0.25, 0.3) is 0 Å². The Morgan fingerprint density at radius 3 is 2.47 bits per heavy atom. The molecule has 0 saturated carbocycles. The van der Waals surface area contributed by atoms with Crippen LogP contribution in [0.2, 0.25) is 0 Å². The van der Waals surface area contributed by atoms with E-state index in [9.17, 15) is 21.6 Å². The molecule has 2 aromatic rings. The molecule has 2 aliphatic heterocycles. The summed E-state index contributed by atoms with van der Waals surface area (Å²) in [5.41, 5.74) is -2.76. The van der Waals surface area contributed by atoms with Gasteiger partial charge in [0, 0.05) is 19.5 Å². The van der Waals surface area contributed by atoms with Crippen LogP contribution in [-0.4, -0.2) is 55.8 Å². The number of rotatable bonds is 3. The Morgan fingerprint density at radius 1 is 1.07 bits per heavy atom. The van der Waals surface area contributed by atoms with Crippen LogP contribution in [0, 0.1) is 0 Å². The largest absolute Gasteiger partial charge is 0.433 e. The minimum absolute atomic E-state index is 0.000539. The lowest BCUT2D eigenvalue weighted by Crippen LogP contribution is -2.62. The summed E-state index contributed by atoms with van der Waals surface area (Å²) in [5, 5.41) is 0. The van der Waals surface area contributed by atoms with Gasteiger partial charge in [0.05, 0.1) is 18.0 Å². The zero-order valence-electron chi connectivity index (χ0n) is 15.7. The molecule has 11 heteroatoms. The fourth-order valence-corrected chi connectivity index (χ4v) is 5.63. The van der Waals surface area contributed by atoms with Gasteiger partial charge in [-0.3, -0.25) is 0 Å². The fourth-order valence-electron chi connectivity index (χ4n) is 3.90. The van der Waals surface area contributed by atoms with Gasteiger partial charge in [-0.05, 0) is 24.3 Å². The zero-order valence-corrected chi connectivity index (χ0v) is 16.5. The lowest BCUT2D eigenvalue weighted by molar-refractivity contribution is -0.141. The van der Waals surface area contributed by atoms with Crippen molar-refractivity contribution in [3.63, 3.8) is 0 Å². The molecular formula is C19H19F4N3O3S. The number of ether oxygens (including phenoxy) is 1. The third-order valence-electron chi connectivity index (χ3n) is 5.36. The smallest absolute Gasteiger partial charge is 0.355 e. The number of benzene rings is 1. The molecule has 2 saturated heterocycles. The average Bonchev–Trinajstić information content (AvgIpc) is 3.16. The first kappa shape index (κ1) is 21.0. The molecule has 0 aliphatic carbocycles. The number of pyridine rings is 1. The summed E-state index contributed by atoms with van der Waals surface area (Å²) in [6.45, 7) is -0.210. The van der Waals surface area contributed by atoms with Crippen LogP contribution in [0.3, 0.4) is 0 Å². The van der Waals surface area contributed by atoms with Crippen molar-refractivity contribution < 1.29 is 30.7 Å². The van der Waals surface area contributed by atoms with E-state index in [1.807, 2.05) is 0 Å². The molecule has 1 aromatic carbocycles. The number of piperidine rings is 1. The summed E-state index contributed by atoms with van der Waals surface area (Å²) in [5.74, 6) is -0.0159. The summed E-state index contributed by atoms with van der Waals surface area (Å²) >= 11 is 0. The topological polar surface area (TPSA) is 62.7 Å². The first-order chi connectivity index (χ1) is 14.1. The Hall–Kier alpha value is -2.24. The van der Waals surface area contributed by atoms with E-state index in [-0.39, 0.29) is 43.4 Å². The molecule has 2 atom stereocenters. The molecule has 2 aliphatic rings. The van der Waals surface area contributed by atoms with Crippen molar-refractivity contribution in [1.29, 1.82) is 0 Å². The van der Waals surface area contributed by atoms with Crippen molar-refractivity contribution >= 4 is 15.8 Å². The molecular weight excluding hydrogens is 426 g/mol. The number of alkyl halides is 4. The van der Waals surface area contributed by atoms with Crippen molar-refractivity contribution in [3.8, 4) is 0 Å². The van der Waals surface area contributed by atoms with E-state index in [1.54, 1.807) is 18.2 Å². The number of aromatic nitrogens is 1. The first-order valence-corrected chi connectivity index (χ1v) is 10.7. The van der Waals surface area contributed by atoms with E-state index < -0.39 is 33.8 Å². The molecule has 4 rings (SSSR count). The molecule has 0 bridgehead atoms. The predicted octanol–water partition coefficient (Wildman–Crippen LogP) is 3.07. The van der Waals surface area contributed by atoms with Crippen molar-refractivity contribution in [2.45, 2.75) is 29.4 Å². The molecule has 6 nitrogen and oxygen atoms in total. The second-order valence-electron chi connectivity index (χ2n) is 7.13. The van der Waals surface area contributed by atoms with E-state index in [1.165, 1.54) is 29.2 Å². The highest BCUT2D eigenvalue weighted by Gasteiger charge is 2.57. The maximum atomic E-state index is 15.4. The normalized spacial score (nSPS) is 25.7. The minimum atomic E-state index is -4.61. The lowest BCUT2D eigenvalue weighted by Gasteiger charge is -2.45. The Labute approximate surface area is 171 Å². The van der Waals surface area contributed by atoms with Crippen LogP contribution >= 0.6 is 0 Å². The zero-order chi connectivity index (χ0) is 21.6. The molecule has 2 fully saturated rings. The van der Waals surface area contributed by atoms with Crippen LogP contribution in [0.15, 0.2) is 53.4 Å². The van der Waals surface area contributed by atoms with Crippen LogP contribution in [-0.2, 0) is 20.9 Å². The summed E-state index contributed by atoms with van der Waals surface area (Å²) in [6, 6.07) is 11.1. The van der Waals surface area contributed by atoms with Gasteiger partial charge in [-0.25, -0.2) is 17.8 Å². The van der Waals surface area contributed by atoms with Gasteiger partial charge in [-0.1, -0.05) is 24.3 Å². The lowest BCUT2D eigenvalue weighted by atomic mass is 9.98. The maximum absolute atomic E-state index is 15.4. The van der Waals surface area contributed by atoms with Gasteiger partial charge in [0.15, 0.2) is 11.9 Å². The van der Waals surface area contributed by atoms with E-state index in [0.29, 0.717) is 0 Å². The first-order valence-electron chi connectivity index (χ1n) is 9.30. The number of anilines is 1. The van der Waals surface area contributed by atoms with Gasteiger partial charge >= 0.3 is 6.18 Å². The SMILES string of the molecule is O=S(=O)(c1ccccc1)N1CCOC12CCN(c1cccc(C(F)(F)F)n1)CC2F. The van der Waals surface area contributed by atoms with E-state index in [0.717, 1.165) is 10.4 Å². The van der Waals surface area contributed by atoms with Crippen LogP contribution in [0.5, 0.6) is 0 Å². The van der Waals surface area contributed by atoms with E-state index in [2.05, 4.69) is 4.98 Å². The molecule has 30 heavy (non-hydrogen) atoms. The number of hydrogen-bond acceptors (Lipinski definition) is 5. The molecule has 0 radical (unpaired) electrons. The van der Waals surface area contributed by atoms with Gasteiger partial charge in [-0.2, -0.15) is 17.5 Å². The molecule has 3 heterocycles. The number of hydrogen-bond donors (Lipinski definition) is 0. The second-order valence-corrected chi connectivity index (χ2v) is 8.99. The summed E-state index contributed by atoms with van der Waals surface area (Å²) < 4.78 is 87.1. The molecule has 162 valence electrons. The van der Waals surface area contributed by atoms with Gasteiger partial charge in [0.2, 0.25) is 10.0 Å². The highest BCUT2D eigenvalue weighted by Crippen LogP contribution is 2.41. The van der Waals surface area contributed by atoms with Crippen molar-refractivity contribution in [2.75, 3.05) is 31.1 Å². The van der Waals surface area contributed by atoms with E-state index >= 15 is 4.39 Å². The number of nitrogens with zero attached hydrogens (tertiary/aromatic N) is 3. The number of halogens is 4. The highest BCUT2D eigenvalue weighted by atomic mass is 32.2. The monoisotopic (exact) mass is 445 g/mol. The van der Waals surface area contributed by atoms with Crippen molar-refractivity contribution in [2.24, 2.45) is 0 Å². The molecule has 0 amide bonds. The number of sulfonamides is 1. The van der Waals surface area contributed by atoms with Gasteiger partial charge < -0.3 is 9.64 Å². The van der Waals surface area contributed by atoms with Crippen LogP contribution in [0.4, 0.5) is 23.4 Å². The van der Waals surface area contributed by atoms with Crippen molar-refractivity contribution in [1.82, 2.24) is 9.29 Å². The Kier molecular flexibility index (Phi) is 5.23. The maximum Gasteiger partial charge on any atom is 0.433 e. The summed E-state index contributed by atoms with van der Waals surface area (Å²) in [7, 11) is -4.00. The summed E-state index contributed by atoms with van der Waals surface area (Å²) in [4.78, 5) is 5.00. The average molecular weight is 445 g/mol. The second kappa shape index (κ2) is 7.47. The highest BCUT2D eigenvalue weighted by molar-refractivity contribution is 7.89.